The zero-order chi connectivity index (χ0) is 13.1. The first-order valence-corrected chi connectivity index (χ1v) is 7.12. The molecule has 0 aliphatic heterocycles. The number of rotatable bonds is 6. The fraction of sp³-hybridized carbons (Fsp3) is 0.500. The first-order valence-electron chi connectivity index (χ1n) is 7.12. The molecular weight excluding hydrogens is 238 g/mol. The number of ether oxygens (including phenoxy) is 1. The van der Waals surface area contributed by atoms with Crippen molar-refractivity contribution in [3.8, 4) is 5.75 Å². The molecule has 0 spiro atoms. The number of hydrogen-bond donors (Lipinski definition) is 1. The molecule has 1 fully saturated rings. The predicted molar refractivity (Wildman–Crippen MR) is 76.7 cm³/mol. The van der Waals surface area contributed by atoms with Crippen molar-refractivity contribution >= 4 is 11.0 Å². The van der Waals surface area contributed by atoms with Crippen LogP contribution in [-0.2, 0) is 6.42 Å². The van der Waals surface area contributed by atoms with Crippen LogP contribution < -0.4 is 10.1 Å². The SMILES string of the molecule is COc1cccc2occ(CCNCC3CCC3)c12. The molecular formula is C16H21NO2. The average Bonchev–Trinajstić information content (AvgIpc) is 2.80. The summed E-state index contributed by atoms with van der Waals surface area (Å²) in [5.41, 5.74) is 2.14. The van der Waals surface area contributed by atoms with Crippen LogP contribution >= 0.6 is 0 Å². The summed E-state index contributed by atoms with van der Waals surface area (Å²) in [6.07, 6.45) is 7.05. The topological polar surface area (TPSA) is 34.4 Å². The van der Waals surface area contributed by atoms with Crippen LogP contribution in [0.3, 0.4) is 0 Å². The number of furan rings is 1. The highest BCUT2D eigenvalue weighted by Gasteiger charge is 2.16. The molecule has 19 heavy (non-hydrogen) atoms. The summed E-state index contributed by atoms with van der Waals surface area (Å²) in [4.78, 5) is 0. The third-order valence-corrected chi connectivity index (χ3v) is 4.09. The van der Waals surface area contributed by atoms with Gasteiger partial charge in [0, 0.05) is 5.56 Å². The highest BCUT2D eigenvalue weighted by molar-refractivity contribution is 5.87. The Morgan fingerprint density at radius 3 is 3.00 bits per heavy atom. The van der Waals surface area contributed by atoms with Gasteiger partial charge in [0.05, 0.1) is 18.8 Å². The fourth-order valence-electron chi connectivity index (χ4n) is 2.70. The standard InChI is InChI=1S/C16H21NO2/c1-18-14-6-3-7-15-16(14)13(11-19-15)8-9-17-10-12-4-2-5-12/h3,6-7,11-12,17H,2,4-5,8-10H2,1H3. The van der Waals surface area contributed by atoms with Crippen LogP contribution in [0.15, 0.2) is 28.9 Å². The van der Waals surface area contributed by atoms with E-state index in [0.717, 1.165) is 42.1 Å². The van der Waals surface area contributed by atoms with E-state index in [2.05, 4.69) is 5.32 Å². The van der Waals surface area contributed by atoms with Gasteiger partial charge < -0.3 is 14.5 Å². The quantitative estimate of drug-likeness (QED) is 0.808. The first-order chi connectivity index (χ1) is 9.38. The maximum absolute atomic E-state index is 5.59. The molecule has 3 rings (SSSR count). The van der Waals surface area contributed by atoms with Crippen molar-refractivity contribution < 1.29 is 9.15 Å². The Balaban J connectivity index is 1.63. The molecule has 1 saturated carbocycles. The van der Waals surface area contributed by atoms with Crippen LogP contribution in [0.5, 0.6) is 5.75 Å². The number of nitrogens with one attached hydrogen (secondary N) is 1. The molecule has 1 aromatic heterocycles. The van der Waals surface area contributed by atoms with Crippen molar-refractivity contribution in [3.05, 3.63) is 30.0 Å². The molecule has 1 aliphatic carbocycles. The molecule has 3 heteroatoms. The number of methoxy groups -OCH3 is 1. The lowest BCUT2D eigenvalue weighted by atomic mass is 9.85. The van der Waals surface area contributed by atoms with Crippen molar-refractivity contribution in [2.45, 2.75) is 25.7 Å². The van der Waals surface area contributed by atoms with E-state index in [1.54, 1.807) is 7.11 Å². The van der Waals surface area contributed by atoms with Crippen molar-refractivity contribution in [1.82, 2.24) is 5.32 Å². The van der Waals surface area contributed by atoms with Gasteiger partial charge in [-0.25, -0.2) is 0 Å². The highest BCUT2D eigenvalue weighted by Crippen LogP contribution is 2.30. The molecule has 1 aliphatic rings. The van der Waals surface area contributed by atoms with Gasteiger partial charge in [-0.1, -0.05) is 12.5 Å². The molecule has 0 unspecified atom stereocenters. The molecule has 0 saturated heterocycles. The Bertz CT molecular complexity index is 543. The first kappa shape index (κ1) is 12.5. The average molecular weight is 259 g/mol. The van der Waals surface area contributed by atoms with Crippen LogP contribution in [0.2, 0.25) is 0 Å². The van der Waals surface area contributed by atoms with E-state index < -0.39 is 0 Å². The van der Waals surface area contributed by atoms with Crippen molar-refractivity contribution in [1.29, 1.82) is 0 Å². The highest BCUT2D eigenvalue weighted by atomic mass is 16.5. The minimum atomic E-state index is 0.903. The van der Waals surface area contributed by atoms with E-state index in [1.165, 1.54) is 24.8 Å². The second kappa shape index (κ2) is 5.66. The Morgan fingerprint density at radius 1 is 1.37 bits per heavy atom. The maximum atomic E-state index is 5.59. The lowest BCUT2D eigenvalue weighted by molar-refractivity contribution is 0.303. The van der Waals surface area contributed by atoms with Gasteiger partial charge in [0.15, 0.2) is 0 Å². The molecule has 102 valence electrons. The van der Waals surface area contributed by atoms with Crippen LogP contribution in [0.25, 0.3) is 11.0 Å². The van der Waals surface area contributed by atoms with Crippen LogP contribution in [0.1, 0.15) is 24.8 Å². The van der Waals surface area contributed by atoms with Gasteiger partial charge in [-0.05, 0) is 50.4 Å². The van der Waals surface area contributed by atoms with E-state index in [9.17, 15) is 0 Å². The normalized spacial score (nSPS) is 15.6. The van der Waals surface area contributed by atoms with E-state index in [4.69, 9.17) is 9.15 Å². The summed E-state index contributed by atoms with van der Waals surface area (Å²) in [6, 6.07) is 5.94. The van der Waals surface area contributed by atoms with Gasteiger partial charge >= 0.3 is 0 Å². The van der Waals surface area contributed by atoms with Crippen molar-refractivity contribution in [2.75, 3.05) is 20.2 Å². The lowest BCUT2D eigenvalue weighted by Gasteiger charge is -2.25. The Kier molecular flexibility index (Phi) is 3.74. The van der Waals surface area contributed by atoms with E-state index >= 15 is 0 Å². The summed E-state index contributed by atoms with van der Waals surface area (Å²) < 4.78 is 11.0. The predicted octanol–water partition coefficient (Wildman–Crippen LogP) is 3.37. The molecule has 1 heterocycles. The second-order valence-electron chi connectivity index (χ2n) is 5.35. The summed E-state index contributed by atoms with van der Waals surface area (Å²) in [5.74, 6) is 1.82. The zero-order valence-corrected chi connectivity index (χ0v) is 11.4. The molecule has 0 amide bonds. The van der Waals surface area contributed by atoms with Crippen molar-refractivity contribution in [3.63, 3.8) is 0 Å². The molecule has 0 bridgehead atoms. The molecule has 0 radical (unpaired) electrons. The number of benzene rings is 1. The summed E-state index contributed by atoms with van der Waals surface area (Å²) in [7, 11) is 1.71. The van der Waals surface area contributed by atoms with E-state index in [-0.39, 0.29) is 0 Å². The summed E-state index contributed by atoms with van der Waals surface area (Å²) >= 11 is 0. The summed E-state index contributed by atoms with van der Waals surface area (Å²) in [5, 5.41) is 4.67. The molecule has 1 aromatic carbocycles. The van der Waals surface area contributed by atoms with Crippen LogP contribution in [0, 0.1) is 5.92 Å². The van der Waals surface area contributed by atoms with Gasteiger partial charge in [0.1, 0.15) is 11.3 Å². The smallest absolute Gasteiger partial charge is 0.137 e. The molecule has 2 aromatic rings. The van der Waals surface area contributed by atoms with Gasteiger partial charge in [-0.15, -0.1) is 0 Å². The minimum Gasteiger partial charge on any atom is -0.496 e. The Labute approximate surface area is 113 Å². The van der Waals surface area contributed by atoms with E-state index in [1.807, 2.05) is 24.5 Å². The van der Waals surface area contributed by atoms with Crippen LogP contribution in [0.4, 0.5) is 0 Å². The number of fused-ring (bicyclic) bond motifs is 1. The molecule has 3 nitrogen and oxygen atoms in total. The van der Waals surface area contributed by atoms with Gasteiger partial charge in [-0.3, -0.25) is 0 Å². The van der Waals surface area contributed by atoms with Gasteiger partial charge in [-0.2, -0.15) is 0 Å². The number of hydrogen-bond acceptors (Lipinski definition) is 3. The third kappa shape index (κ3) is 2.61. The monoisotopic (exact) mass is 259 g/mol. The molecule has 1 N–H and O–H groups in total. The van der Waals surface area contributed by atoms with Crippen molar-refractivity contribution in [2.24, 2.45) is 5.92 Å². The van der Waals surface area contributed by atoms with Crippen LogP contribution in [-0.4, -0.2) is 20.2 Å². The largest absolute Gasteiger partial charge is 0.496 e. The minimum absolute atomic E-state index is 0.903. The van der Waals surface area contributed by atoms with Gasteiger partial charge in [0.25, 0.3) is 0 Å². The van der Waals surface area contributed by atoms with Gasteiger partial charge in [0.2, 0.25) is 0 Å². The Morgan fingerprint density at radius 2 is 2.26 bits per heavy atom. The maximum Gasteiger partial charge on any atom is 0.137 e. The fourth-order valence-corrected chi connectivity index (χ4v) is 2.70. The van der Waals surface area contributed by atoms with E-state index in [0.29, 0.717) is 0 Å². The lowest BCUT2D eigenvalue weighted by Crippen LogP contribution is -2.28. The molecule has 0 atom stereocenters. The Hall–Kier alpha value is -1.48. The second-order valence-corrected chi connectivity index (χ2v) is 5.35. The summed E-state index contributed by atoms with van der Waals surface area (Å²) in [6.45, 7) is 2.16. The third-order valence-electron chi connectivity index (χ3n) is 4.09. The zero-order valence-electron chi connectivity index (χ0n) is 11.4.